The zero-order valence-corrected chi connectivity index (χ0v) is 29.6. The van der Waals surface area contributed by atoms with Crippen molar-refractivity contribution in [3.63, 3.8) is 0 Å². The van der Waals surface area contributed by atoms with Gasteiger partial charge in [0, 0.05) is 6.42 Å². The van der Waals surface area contributed by atoms with Gasteiger partial charge in [-0.25, -0.2) is 0 Å². The van der Waals surface area contributed by atoms with Crippen molar-refractivity contribution in [2.24, 2.45) is 0 Å². The van der Waals surface area contributed by atoms with E-state index in [0.29, 0.717) is 11.0 Å². The van der Waals surface area contributed by atoms with E-state index in [4.69, 9.17) is 13.8 Å². The predicted octanol–water partition coefficient (Wildman–Crippen LogP) is 8.48. The Morgan fingerprint density at radius 2 is 1.05 bits per heavy atom. The smallest absolute Gasteiger partial charge is 0.306 e. The van der Waals surface area contributed by atoms with Gasteiger partial charge >= 0.3 is 5.97 Å². The fourth-order valence-corrected chi connectivity index (χ4v) is 5.79. The summed E-state index contributed by atoms with van der Waals surface area (Å²) in [4.78, 5) is 23.9. The van der Waals surface area contributed by atoms with Crippen LogP contribution in [-0.2, 0) is 23.1 Å². The summed E-state index contributed by atoms with van der Waals surface area (Å²) in [7, 11) is 1.25. The molecule has 0 saturated carbocycles. The van der Waals surface area contributed by atoms with Gasteiger partial charge in [0.25, 0.3) is 7.82 Å². The largest absolute Gasteiger partial charge is 0.756 e. The summed E-state index contributed by atoms with van der Waals surface area (Å²) in [5.41, 5.74) is 0. The highest BCUT2D eigenvalue weighted by Crippen LogP contribution is 2.38. The average Bonchev–Trinajstić information content (AvgIpc) is 2.94. The van der Waals surface area contributed by atoms with Gasteiger partial charge in [0.15, 0.2) is 0 Å². The molecule has 0 aromatic heterocycles. The van der Waals surface area contributed by atoms with E-state index in [1.807, 2.05) is 21.1 Å². The number of likely N-dealkylation sites (N-methyl/N-ethyl adjacent to an activating group) is 1. The molecule has 0 aliphatic rings. The number of phosphoric acid groups is 1. The summed E-state index contributed by atoms with van der Waals surface area (Å²) in [6, 6.07) is 0. The van der Waals surface area contributed by atoms with Gasteiger partial charge in [-0.2, -0.15) is 0 Å². The molecule has 0 radical (unpaired) electrons. The van der Waals surface area contributed by atoms with Crippen LogP contribution in [0.3, 0.4) is 0 Å². The predicted molar refractivity (Wildman–Crippen MR) is 176 cm³/mol. The lowest BCUT2D eigenvalue weighted by Gasteiger charge is -2.28. The van der Waals surface area contributed by atoms with Gasteiger partial charge in [-0.05, 0) is 6.42 Å². The number of ether oxygens (including phenoxy) is 1. The molecule has 0 heterocycles. The van der Waals surface area contributed by atoms with E-state index in [1.54, 1.807) is 0 Å². The van der Waals surface area contributed by atoms with Crippen molar-refractivity contribution in [2.75, 3.05) is 47.5 Å². The van der Waals surface area contributed by atoms with Gasteiger partial charge < -0.3 is 28.3 Å². The van der Waals surface area contributed by atoms with Crippen molar-refractivity contribution < 1.29 is 37.6 Å². The Bertz CT molecular complexity index is 672. The molecule has 1 N–H and O–H groups in total. The molecular formula is C34H70NO7P. The van der Waals surface area contributed by atoms with Crippen LogP contribution in [0.25, 0.3) is 0 Å². The van der Waals surface area contributed by atoms with Crippen LogP contribution in [0.4, 0.5) is 0 Å². The summed E-state index contributed by atoms with van der Waals surface area (Å²) in [6.45, 7) is 1.81. The topological polar surface area (TPSA) is 105 Å². The molecule has 0 aromatic rings. The highest BCUT2D eigenvalue weighted by molar-refractivity contribution is 7.45. The van der Waals surface area contributed by atoms with Crippen molar-refractivity contribution in [3.05, 3.63) is 0 Å². The number of carbonyl (C=O) groups excluding carboxylic acids is 1. The summed E-state index contributed by atoms with van der Waals surface area (Å²) in [5.74, 6) is -0.446. The van der Waals surface area contributed by atoms with E-state index >= 15 is 0 Å². The summed E-state index contributed by atoms with van der Waals surface area (Å²) in [6.07, 6.45) is 29.7. The average molecular weight is 636 g/mol. The molecule has 0 bridgehead atoms. The van der Waals surface area contributed by atoms with E-state index in [0.717, 1.165) is 19.3 Å². The molecule has 1 unspecified atom stereocenters. The molecule has 0 aliphatic carbocycles. The Morgan fingerprint density at radius 1 is 0.674 bits per heavy atom. The van der Waals surface area contributed by atoms with E-state index < -0.39 is 33.1 Å². The lowest BCUT2D eigenvalue weighted by Crippen LogP contribution is -2.37. The molecular weight excluding hydrogens is 565 g/mol. The lowest BCUT2D eigenvalue weighted by atomic mass is 10.0. The van der Waals surface area contributed by atoms with Gasteiger partial charge in [-0.3, -0.25) is 9.36 Å². The van der Waals surface area contributed by atoms with Crippen LogP contribution < -0.4 is 4.89 Å². The Kier molecular flexibility index (Phi) is 28.6. The van der Waals surface area contributed by atoms with Crippen LogP contribution in [-0.4, -0.2) is 69.2 Å². The third kappa shape index (κ3) is 32.7. The maximum atomic E-state index is 12.1. The van der Waals surface area contributed by atoms with Crippen LogP contribution >= 0.6 is 7.82 Å². The monoisotopic (exact) mass is 635 g/mol. The van der Waals surface area contributed by atoms with Crippen molar-refractivity contribution in [2.45, 2.75) is 167 Å². The number of quaternary nitrogens is 1. The highest BCUT2D eigenvalue weighted by atomic mass is 31.2. The standard InChI is InChI=1S/C34H70NO7P/c1-5-6-7-8-9-10-11-12-13-14-15-16-17-18-19-20-21-22-23-24-25-26-27-28-34(37)42-33(31-36)32-41-43(38,39)40-30-29-35(2,3)4/h33,36H,5-32H2,1-4H3/t33-/m1/s1. The van der Waals surface area contributed by atoms with Gasteiger partial charge in [0.2, 0.25) is 0 Å². The second kappa shape index (κ2) is 28.9. The Hall–Kier alpha value is -0.500. The fourth-order valence-electron chi connectivity index (χ4n) is 5.06. The van der Waals surface area contributed by atoms with Crippen LogP contribution in [0.5, 0.6) is 0 Å². The number of rotatable bonds is 33. The lowest BCUT2D eigenvalue weighted by molar-refractivity contribution is -0.870. The first kappa shape index (κ1) is 42.5. The van der Waals surface area contributed by atoms with Crippen LogP contribution in [0.15, 0.2) is 0 Å². The molecule has 2 atom stereocenters. The van der Waals surface area contributed by atoms with Crippen molar-refractivity contribution >= 4 is 13.8 Å². The molecule has 8 nitrogen and oxygen atoms in total. The number of hydrogen-bond donors (Lipinski definition) is 1. The zero-order valence-electron chi connectivity index (χ0n) is 28.7. The van der Waals surface area contributed by atoms with Gasteiger partial charge in [0.1, 0.15) is 19.3 Å². The Labute approximate surface area is 265 Å². The normalized spacial score (nSPS) is 14.1. The first-order valence-electron chi connectivity index (χ1n) is 17.8. The second-order valence-electron chi connectivity index (χ2n) is 13.4. The molecule has 0 spiro atoms. The number of phosphoric ester groups is 1. The zero-order chi connectivity index (χ0) is 32.1. The minimum Gasteiger partial charge on any atom is -0.756 e. The maximum Gasteiger partial charge on any atom is 0.306 e. The van der Waals surface area contributed by atoms with E-state index in [1.165, 1.54) is 128 Å². The van der Waals surface area contributed by atoms with Crippen LogP contribution in [0.2, 0.25) is 0 Å². The van der Waals surface area contributed by atoms with Crippen LogP contribution in [0.1, 0.15) is 161 Å². The van der Waals surface area contributed by atoms with Crippen molar-refractivity contribution in [1.29, 1.82) is 0 Å². The number of nitrogens with zero attached hydrogens (tertiary/aromatic N) is 1. The summed E-state index contributed by atoms with van der Waals surface area (Å²) >= 11 is 0. The highest BCUT2D eigenvalue weighted by Gasteiger charge is 2.19. The Morgan fingerprint density at radius 3 is 1.40 bits per heavy atom. The van der Waals surface area contributed by atoms with Gasteiger partial charge in [-0.1, -0.05) is 148 Å². The van der Waals surface area contributed by atoms with Crippen molar-refractivity contribution in [3.8, 4) is 0 Å². The van der Waals surface area contributed by atoms with Crippen molar-refractivity contribution in [1.82, 2.24) is 0 Å². The third-order valence-electron chi connectivity index (χ3n) is 7.92. The minimum atomic E-state index is -4.51. The molecule has 258 valence electrons. The van der Waals surface area contributed by atoms with E-state index in [9.17, 15) is 19.4 Å². The number of esters is 1. The quantitative estimate of drug-likeness (QED) is 0.0334. The Balaban J connectivity index is 3.49. The van der Waals surface area contributed by atoms with Gasteiger partial charge in [-0.15, -0.1) is 0 Å². The SMILES string of the molecule is CCCCCCCCCCCCCCCCCCCCCCCCCC(=O)O[C@H](CO)COP(=O)([O-])OCC[N+](C)(C)C. The maximum absolute atomic E-state index is 12.1. The van der Waals surface area contributed by atoms with Crippen LogP contribution in [0, 0.1) is 0 Å². The molecule has 0 saturated heterocycles. The number of aliphatic hydroxyl groups excluding tert-OH is 1. The number of unbranched alkanes of at least 4 members (excludes halogenated alkanes) is 22. The van der Waals surface area contributed by atoms with E-state index in [-0.39, 0.29) is 13.0 Å². The van der Waals surface area contributed by atoms with Gasteiger partial charge in [0.05, 0.1) is 34.4 Å². The molecule has 0 aliphatic heterocycles. The molecule has 0 aromatic carbocycles. The minimum absolute atomic E-state index is 0.00655. The molecule has 0 fully saturated rings. The number of carbonyl (C=O) groups is 1. The summed E-state index contributed by atoms with van der Waals surface area (Å²) in [5, 5.41) is 9.42. The molecule has 9 heteroatoms. The molecule has 43 heavy (non-hydrogen) atoms. The molecule has 0 rings (SSSR count). The first-order chi connectivity index (χ1) is 20.6. The summed E-state index contributed by atoms with van der Waals surface area (Å²) < 4.78 is 27.2. The number of aliphatic hydroxyl groups is 1. The first-order valence-corrected chi connectivity index (χ1v) is 19.3. The second-order valence-corrected chi connectivity index (χ2v) is 14.8. The third-order valence-corrected chi connectivity index (χ3v) is 8.88. The molecule has 0 amide bonds. The van der Waals surface area contributed by atoms with E-state index in [2.05, 4.69) is 6.92 Å². The fraction of sp³-hybridized carbons (Fsp3) is 0.971. The number of hydrogen-bond acceptors (Lipinski definition) is 7.